The monoisotopic (exact) mass is 508 g/mol. The van der Waals surface area contributed by atoms with Crippen molar-refractivity contribution in [1.29, 1.82) is 0 Å². The summed E-state index contributed by atoms with van der Waals surface area (Å²) in [6.45, 7) is 8.25. The molecule has 4 heterocycles. The van der Waals surface area contributed by atoms with E-state index in [9.17, 15) is 4.79 Å². The van der Waals surface area contributed by atoms with Gasteiger partial charge in [0.25, 0.3) is 5.56 Å². The van der Waals surface area contributed by atoms with Crippen molar-refractivity contribution in [2.45, 2.75) is 57.8 Å². The van der Waals surface area contributed by atoms with Crippen LogP contribution in [0.1, 0.15) is 55.9 Å². The number of fused-ring (bicyclic) bond motifs is 1. The van der Waals surface area contributed by atoms with Gasteiger partial charge in [0.1, 0.15) is 11.8 Å². The van der Waals surface area contributed by atoms with Crippen LogP contribution in [0.2, 0.25) is 0 Å². The lowest BCUT2D eigenvalue weighted by Crippen LogP contribution is -2.40. The van der Waals surface area contributed by atoms with Crippen molar-refractivity contribution in [2.24, 2.45) is 0 Å². The number of pyridine rings is 1. The van der Waals surface area contributed by atoms with Gasteiger partial charge in [0.05, 0.1) is 18.8 Å². The standard InChI is InChI=1S/C26H32N6O3S/c1-26(2,3)32-24(28-29-30-32)23(21-14-17-13-18(34-4)9-10-22(17)27-25(21)33)31(15-19-7-5-11-35-19)16-20-8-6-12-36-20/h6,8-10,12-14,19,23H,5,7,11,15-16H2,1-4H3,(H,27,33)/t19-,23+/m1/s1. The van der Waals surface area contributed by atoms with Crippen molar-refractivity contribution in [3.8, 4) is 5.75 Å². The fraction of sp³-hybridized carbons (Fsp3) is 0.462. The van der Waals surface area contributed by atoms with Crippen LogP contribution < -0.4 is 10.3 Å². The number of nitrogens with zero attached hydrogens (tertiary/aromatic N) is 5. The van der Waals surface area contributed by atoms with Crippen LogP contribution in [0.3, 0.4) is 0 Å². The summed E-state index contributed by atoms with van der Waals surface area (Å²) in [6.07, 6.45) is 2.12. The van der Waals surface area contributed by atoms with E-state index in [0.717, 1.165) is 36.1 Å². The number of thiophene rings is 1. The highest BCUT2D eigenvalue weighted by atomic mass is 32.1. The van der Waals surface area contributed by atoms with Gasteiger partial charge in [-0.25, -0.2) is 4.68 Å². The highest BCUT2D eigenvalue weighted by Gasteiger charge is 2.35. The number of nitrogens with one attached hydrogen (secondary N) is 1. The quantitative estimate of drug-likeness (QED) is 0.382. The molecule has 0 bridgehead atoms. The molecule has 190 valence electrons. The van der Waals surface area contributed by atoms with E-state index < -0.39 is 6.04 Å². The van der Waals surface area contributed by atoms with Gasteiger partial charge in [-0.2, -0.15) is 0 Å². The maximum atomic E-state index is 13.6. The molecule has 3 aromatic heterocycles. The molecule has 1 aliphatic rings. The highest BCUT2D eigenvalue weighted by molar-refractivity contribution is 7.09. The van der Waals surface area contributed by atoms with Crippen molar-refractivity contribution in [3.63, 3.8) is 0 Å². The molecule has 0 unspecified atom stereocenters. The zero-order chi connectivity index (χ0) is 25.3. The first-order chi connectivity index (χ1) is 17.3. The number of aromatic amines is 1. The number of benzene rings is 1. The van der Waals surface area contributed by atoms with Crippen molar-refractivity contribution in [1.82, 2.24) is 30.1 Å². The molecule has 1 fully saturated rings. The molecule has 36 heavy (non-hydrogen) atoms. The number of hydrogen-bond donors (Lipinski definition) is 1. The van der Waals surface area contributed by atoms with E-state index in [1.165, 1.54) is 4.88 Å². The Bertz CT molecular complexity index is 1370. The molecule has 5 rings (SSSR count). The summed E-state index contributed by atoms with van der Waals surface area (Å²) in [6, 6.07) is 11.3. The summed E-state index contributed by atoms with van der Waals surface area (Å²) in [7, 11) is 1.64. The zero-order valence-electron chi connectivity index (χ0n) is 21.1. The molecule has 1 N–H and O–H groups in total. The van der Waals surface area contributed by atoms with Crippen molar-refractivity contribution < 1.29 is 9.47 Å². The van der Waals surface area contributed by atoms with Gasteiger partial charge in [0.2, 0.25) is 0 Å². The second kappa shape index (κ2) is 10.1. The van der Waals surface area contributed by atoms with Crippen LogP contribution in [0.15, 0.2) is 46.6 Å². The summed E-state index contributed by atoms with van der Waals surface area (Å²) < 4.78 is 13.3. The number of hydrogen-bond acceptors (Lipinski definition) is 8. The van der Waals surface area contributed by atoms with Gasteiger partial charge >= 0.3 is 0 Å². The molecule has 0 aliphatic carbocycles. The second-order valence-electron chi connectivity index (χ2n) is 10.2. The topological polar surface area (TPSA) is 98.2 Å². The van der Waals surface area contributed by atoms with Crippen LogP contribution in [0.4, 0.5) is 0 Å². The van der Waals surface area contributed by atoms with Gasteiger partial charge in [-0.05, 0) is 79.8 Å². The van der Waals surface area contributed by atoms with Crippen LogP contribution in [-0.2, 0) is 16.8 Å². The Kier molecular flexibility index (Phi) is 6.92. The Morgan fingerprint density at radius 1 is 1.31 bits per heavy atom. The zero-order valence-corrected chi connectivity index (χ0v) is 21.9. The fourth-order valence-electron chi connectivity index (χ4n) is 4.79. The van der Waals surface area contributed by atoms with Crippen molar-refractivity contribution in [2.75, 3.05) is 20.3 Å². The highest BCUT2D eigenvalue weighted by Crippen LogP contribution is 2.33. The first-order valence-corrected chi connectivity index (χ1v) is 13.1. The molecule has 10 heteroatoms. The molecular weight excluding hydrogens is 476 g/mol. The molecule has 0 saturated carbocycles. The predicted octanol–water partition coefficient (Wildman–Crippen LogP) is 4.11. The minimum atomic E-state index is -0.482. The average molecular weight is 509 g/mol. The van der Waals surface area contributed by atoms with Gasteiger partial charge < -0.3 is 14.5 Å². The third-order valence-electron chi connectivity index (χ3n) is 6.51. The lowest BCUT2D eigenvalue weighted by atomic mass is 10.0. The minimum absolute atomic E-state index is 0.0889. The van der Waals surface area contributed by atoms with Crippen LogP contribution in [-0.4, -0.2) is 56.5 Å². The van der Waals surface area contributed by atoms with Gasteiger partial charge in [-0.15, -0.1) is 16.4 Å². The van der Waals surface area contributed by atoms with Gasteiger partial charge in [-0.1, -0.05) is 6.07 Å². The third-order valence-corrected chi connectivity index (χ3v) is 7.38. The Labute approximate surface area is 214 Å². The lowest BCUT2D eigenvalue weighted by molar-refractivity contribution is 0.0569. The Hall–Kier alpha value is -3.08. The molecule has 1 aromatic carbocycles. The first-order valence-electron chi connectivity index (χ1n) is 12.2. The van der Waals surface area contributed by atoms with Crippen LogP contribution in [0, 0.1) is 0 Å². The summed E-state index contributed by atoms with van der Waals surface area (Å²) in [4.78, 5) is 20.2. The van der Waals surface area contributed by atoms with E-state index in [2.05, 4.69) is 57.6 Å². The molecular formula is C26H32N6O3S. The third kappa shape index (κ3) is 5.07. The number of rotatable bonds is 8. The normalized spacial score (nSPS) is 17.2. The second-order valence-corrected chi connectivity index (χ2v) is 11.2. The maximum absolute atomic E-state index is 13.6. The van der Waals surface area contributed by atoms with Crippen molar-refractivity contribution in [3.05, 3.63) is 68.4 Å². The van der Waals surface area contributed by atoms with E-state index in [-0.39, 0.29) is 17.2 Å². The number of methoxy groups -OCH3 is 1. The summed E-state index contributed by atoms with van der Waals surface area (Å²) >= 11 is 1.70. The molecule has 4 aromatic rings. The fourth-order valence-corrected chi connectivity index (χ4v) is 5.52. The minimum Gasteiger partial charge on any atom is -0.497 e. The van der Waals surface area contributed by atoms with Gasteiger partial charge in [0.15, 0.2) is 5.82 Å². The summed E-state index contributed by atoms with van der Waals surface area (Å²) in [5, 5.41) is 15.8. The molecule has 9 nitrogen and oxygen atoms in total. The number of H-pyrrole nitrogens is 1. The van der Waals surface area contributed by atoms with Crippen molar-refractivity contribution >= 4 is 22.2 Å². The summed E-state index contributed by atoms with van der Waals surface area (Å²) in [5.41, 5.74) is 0.806. The largest absolute Gasteiger partial charge is 0.497 e. The molecule has 2 atom stereocenters. The number of ether oxygens (including phenoxy) is 2. The maximum Gasteiger partial charge on any atom is 0.253 e. The SMILES string of the molecule is COc1ccc2[nH]c(=O)c([C@@H](c3nnnn3C(C)(C)C)N(Cc3cccs3)C[C@H]3CCCO3)cc2c1. The predicted molar refractivity (Wildman–Crippen MR) is 139 cm³/mol. The summed E-state index contributed by atoms with van der Waals surface area (Å²) in [5.74, 6) is 1.36. The van der Waals surface area contributed by atoms with E-state index >= 15 is 0 Å². The smallest absolute Gasteiger partial charge is 0.253 e. The molecule has 0 amide bonds. The van der Waals surface area contributed by atoms with E-state index in [1.54, 1.807) is 18.4 Å². The Balaban J connectivity index is 1.69. The van der Waals surface area contributed by atoms with E-state index in [1.807, 2.05) is 35.0 Å². The average Bonchev–Trinajstić information content (AvgIpc) is 3.62. The number of aromatic nitrogens is 5. The molecule has 1 saturated heterocycles. The molecule has 0 spiro atoms. The van der Waals surface area contributed by atoms with Crippen LogP contribution >= 0.6 is 11.3 Å². The Morgan fingerprint density at radius 3 is 2.86 bits per heavy atom. The van der Waals surface area contributed by atoms with Gasteiger partial charge in [-0.3, -0.25) is 9.69 Å². The molecule has 0 radical (unpaired) electrons. The number of tetrazole rings is 1. The van der Waals surface area contributed by atoms with Gasteiger partial charge in [0, 0.05) is 41.0 Å². The van der Waals surface area contributed by atoms with Crippen LogP contribution in [0.5, 0.6) is 5.75 Å². The Morgan fingerprint density at radius 2 is 2.17 bits per heavy atom. The van der Waals surface area contributed by atoms with E-state index in [4.69, 9.17) is 9.47 Å². The van der Waals surface area contributed by atoms with E-state index in [0.29, 0.717) is 24.5 Å². The van der Waals surface area contributed by atoms with Crippen LogP contribution in [0.25, 0.3) is 10.9 Å². The lowest BCUT2D eigenvalue weighted by Gasteiger charge is -2.34. The molecule has 1 aliphatic heterocycles. The first kappa shape index (κ1) is 24.6.